The highest BCUT2D eigenvalue weighted by Crippen LogP contribution is 2.28. The van der Waals surface area contributed by atoms with Gasteiger partial charge in [0.2, 0.25) is 0 Å². The lowest BCUT2D eigenvalue weighted by Gasteiger charge is -2.22. The zero-order valence-electron chi connectivity index (χ0n) is 21.1. The van der Waals surface area contributed by atoms with E-state index in [0.29, 0.717) is 11.1 Å². The van der Waals surface area contributed by atoms with Crippen molar-refractivity contribution in [2.75, 3.05) is 27.0 Å². The van der Waals surface area contributed by atoms with Crippen molar-refractivity contribution in [2.45, 2.75) is 20.5 Å². The Morgan fingerprint density at radius 3 is 2.43 bits per heavy atom. The van der Waals surface area contributed by atoms with Crippen molar-refractivity contribution >= 4 is 0 Å². The number of aryl methyl sites for hydroxylation is 1. The molecule has 0 saturated carbocycles. The van der Waals surface area contributed by atoms with Gasteiger partial charge in [-0.15, -0.1) is 0 Å². The monoisotopic (exact) mass is 295 g/mol. The quantitative estimate of drug-likeness (QED) is 0.788. The van der Waals surface area contributed by atoms with Gasteiger partial charge in [0.25, 0.3) is 0 Å². The number of hydrogen-bond donors (Lipinski definition) is 0. The minimum absolute atomic E-state index is 0. The maximum Gasteiger partial charge on any atom is 0.108 e. The molecule has 0 fully saturated rings. The summed E-state index contributed by atoms with van der Waals surface area (Å²) in [5.74, 6) is 0. The maximum absolute atomic E-state index is 8.25. The second kappa shape index (κ2) is 8.60. The predicted molar refractivity (Wildman–Crippen MR) is 90.7 cm³/mol. The molecule has 2 rings (SSSR count). The SMILES string of the molecule is C.[2H]C([2H])([2H])N(C([2H])([2H])[2H])C([2H])([2H])C([2H])([2H])OC(c1ccccc1)c1ccccc1C. The molecule has 0 aliphatic carbocycles. The van der Waals surface area contributed by atoms with Gasteiger partial charge in [-0.25, -0.2) is 0 Å². The first-order chi connectivity index (χ1) is 13.6. The lowest BCUT2D eigenvalue weighted by Crippen LogP contribution is -2.20. The van der Waals surface area contributed by atoms with E-state index in [2.05, 4.69) is 0 Å². The fourth-order valence-corrected chi connectivity index (χ4v) is 1.95. The van der Waals surface area contributed by atoms with Crippen LogP contribution >= 0.6 is 0 Å². The summed E-state index contributed by atoms with van der Waals surface area (Å²) < 4.78 is 83.1. The van der Waals surface area contributed by atoms with E-state index in [1.807, 2.05) is 0 Å². The largest absolute Gasteiger partial charge is 0.367 e. The molecule has 2 aromatic rings. The lowest BCUT2D eigenvalue weighted by atomic mass is 9.97. The summed E-state index contributed by atoms with van der Waals surface area (Å²) in [5, 5.41) is 0. The molecule has 1 atom stereocenters. The molecular weight excluding hydrogens is 258 g/mol. The van der Waals surface area contributed by atoms with Crippen LogP contribution in [0.3, 0.4) is 0 Å². The molecule has 2 nitrogen and oxygen atoms in total. The van der Waals surface area contributed by atoms with E-state index in [0.717, 1.165) is 5.56 Å². The van der Waals surface area contributed by atoms with E-state index < -0.39 is 38.0 Å². The second-order valence-electron chi connectivity index (χ2n) is 4.31. The van der Waals surface area contributed by atoms with E-state index in [9.17, 15) is 0 Å². The van der Waals surface area contributed by atoms with Crippen LogP contribution < -0.4 is 0 Å². The molecule has 21 heavy (non-hydrogen) atoms. The molecular formula is C19H27NO. The Kier molecular flexibility index (Phi) is 3.10. The third-order valence-corrected chi connectivity index (χ3v) is 2.91. The lowest BCUT2D eigenvalue weighted by molar-refractivity contribution is 0.0683. The van der Waals surface area contributed by atoms with Gasteiger partial charge in [0.15, 0.2) is 0 Å². The molecule has 0 aromatic heterocycles. The summed E-state index contributed by atoms with van der Waals surface area (Å²) in [4.78, 5) is -0.438. The third kappa shape index (κ3) is 5.00. The standard InChI is InChI=1S/C18H23NO.CH4/c1-15-9-7-8-12-17(15)18(20-14-13-19(2)3)16-10-5-4-6-11-16;/h4-12,18H,13-14H2,1-3H3;1H4/i2D3,3D3,13D2,14D2;. The molecule has 0 amide bonds. The summed E-state index contributed by atoms with van der Waals surface area (Å²) in [6.07, 6.45) is -1.10. The van der Waals surface area contributed by atoms with Gasteiger partial charge in [-0.2, -0.15) is 0 Å². The van der Waals surface area contributed by atoms with Crippen molar-refractivity contribution in [3.05, 3.63) is 71.3 Å². The van der Waals surface area contributed by atoms with Gasteiger partial charge in [0.1, 0.15) is 6.10 Å². The first kappa shape index (κ1) is 7.57. The van der Waals surface area contributed by atoms with Gasteiger partial charge in [-0.1, -0.05) is 62.0 Å². The highest BCUT2D eigenvalue weighted by Gasteiger charge is 2.16. The fraction of sp³-hybridized carbons (Fsp3) is 0.368. The van der Waals surface area contributed by atoms with Crippen molar-refractivity contribution < 1.29 is 18.4 Å². The van der Waals surface area contributed by atoms with Crippen molar-refractivity contribution in [1.29, 1.82) is 0 Å². The Hall–Kier alpha value is -1.64. The topological polar surface area (TPSA) is 12.5 Å². The molecule has 1 unspecified atom stereocenters. The number of nitrogens with zero attached hydrogens (tertiary/aromatic N) is 1. The average Bonchev–Trinajstić information content (AvgIpc) is 2.58. The van der Waals surface area contributed by atoms with E-state index in [-0.39, 0.29) is 7.43 Å². The molecule has 0 aliphatic rings. The zero-order chi connectivity index (χ0) is 23.0. The highest BCUT2D eigenvalue weighted by atomic mass is 16.5. The minimum Gasteiger partial charge on any atom is -0.367 e. The first-order valence-corrected chi connectivity index (χ1v) is 6.18. The van der Waals surface area contributed by atoms with Crippen LogP contribution in [-0.2, 0) is 4.74 Å². The number of benzene rings is 2. The Labute approximate surface area is 143 Å². The van der Waals surface area contributed by atoms with Crippen molar-refractivity contribution in [3.63, 3.8) is 0 Å². The predicted octanol–water partition coefficient (Wildman–Crippen LogP) is 4.30. The Morgan fingerprint density at radius 2 is 1.76 bits per heavy atom. The number of likely N-dealkylation sites (N-methyl/N-ethyl adjacent to an activating group) is 1. The van der Waals surface area contributed by atoms with Crippen LogP contribution in [0.25, 0.3) is 0 Å². The van der Waals surface area contributed by atoms with E-state index in [1.54, 1.807) is 61.5 Å². The molecule has 0 radical (unpaired) electrons. The van der Waals surface area contributed by atoms with Crippen molar-refractivity contribution in [1.82, 2.24) is 4.90 Å². The molecule has 2 heteroatoms. The summed E-state index contributed by atoms with van der Waals surface area (Å²) in [6, 6.07) is 15.4. The third-order valence-electron chi connectivity index (χ3n) is 2.91. The molecule has 0 bridgehead atoms. The van der Waals surface area contributed by atoms with Gasteiger partial charge >= 0.3 is 0 Å². The molecule has 2 aromatic carbocycles. The van der Waals surface area contributed by atoms with Crippen molar-refractivity contribution in [3.8, 4) is 0 Å². The summed E-state index contributed by atoms with van der Waals surface area (Å²) >= 11 is 0. The second-order valence-corrected chi connectivity index (χ2v) is 4.31. The van der Waals surface area contributed by atoms with Crippen LogP contribution in [0.1, 0.15) is 43.9 Å². The van der Waals surface area contributed by atoms with E-state index in [1.165, 1.54) is 0 Å². The highest BCUT2D eigenvalue weighted by molar-refractivity contribution is 5.35. The average molecular weight is 295 g/mol. The zero-order valence-corrected chi connectivity index (χ0v) is 11.1. The molecule has 0 saturated heterocycles. The number of ether oxygens (including phenoxy) is 1. The Bertz CT molecular complexity index is 835. The van der Waals surface area contributed by atoms with Gasteiger partial charge < -0.3 is 9.64 Å². The van der Waals surface area contributed by atoms with E-state index >= 15 is 0 Å². The van der Waals surface area contributed by atoms with Crippen LogP contribution in [-0.4, -0.2) is 31.9 Å². The fourth-order valence-electron chi connectivity index (χ4n) is 1.95. The van der Waals surface area contributed by atoms with Gasteiger partial charge in [0.05, 0.1) is 9.30 Å². The van der Waals surface area contributed by atoms with Crippen LogP contribution in [0.4, 0.5) is 0 Å². The molecule has 114 valence electrons. The summed E-state index contributed by atoms with van der Waals surface area (Å²) in [7, 11) is 0. The van der Waals surface area contributed by atoms with Crippen LogP contribution in [0.5, 0.6) is 0 Å². The van der Waals surface area contributed by atoms with Crippen LogP contribution in [0, 0.1) is 6.92 Å². The minimum atomic E-state index is -3.51. The molecule has 0 aliphatic heterocycles. The van der Waals surface area contributed by atoms with Crippen LogP contribution in [0.15, 0.2) is 54.6 Å². The van der Waals surface area contributed by atoms with Gasteiger partial charge in [0, 0.05) is 17.5 Å². The molecule has 0 heterocycles. The summed E-state index contributed by atoms with van der Waals surface area (Å²) in [6.45, 7) is -11.9. The normalized spacial score (nSPS) is 21.6. The number of hydrogen-bond acceptors (Lipinski definition) is 2. The van der Waals surface area contributed by atoms with Crippen LogP contribution in [0.2, 0.25) is 0 Å². The van der Waals surface area contributed by atoms with Crippen molar-refractivity contribution in [2.24, 2.45) is 0 Å². The Morgan fingerprint density at radius 1 is 1.10 bits per heavy atom. The smallest absolute Gasteiger partial charge is 0.108 e. The van der Waals surface area contributed by atoms with E-state index in [4.69, 9.17) is 18.4 Å². The Balaban J connectivity index is 0.00000480. The van der Waals surface area contributed by atoms with Gasteiger partial charge in [-0.3, -0.25) is 0 Å². The number of rotatable bonds is 6. The first-order valence-electron chi connectivity index (χ1n) is 11.2. The maximum atomic E-state index is 8.25. The molecule has 0 spiro atoms. The van der Waals surface area contributed by atoms with Gasteiger partial charge in [-0.05, 0) is 37.6 Å². The summed E-state index contributed by atoms with van der Waals surface area (Å²) in [5.41, 5.74) is 1.78. The molecule has 0 N–H and O–H groups in total.